The molecule has 2 aromatic carbocycles. The van der Waals surface area contributed by atoms with Gasteiger partial charge >= 0.3 is 0 Å². The second-order valence-corrected chi connectivity index (χ2v) is 11.1. The number of amides is 1. The van der Waals surface area contributed by atoms with Gasteiger partial charge in [-0.05, 0) is 67.4 Å². The number of rotatable bonds is 4. The quantitative estimate of drug-likeness (QED) is 0.414. The van der Waals surface area contributed by atoms with E-state index in [4.69, 9.17) is 9.52 Å². The van der Waals surface area contributed by atoms with E-state index in [1.807, 2.05) is 0 Å². The van der Waals surface area contributed by atoms with Crippen molar-refractivity contribution in [3.05, 3.63) is 77.2 Å². The van der Waals surface area contributed by atoms with Crippen molar-refractivity contribution in [2.45, 2.75) is 31.4 Å². The Morgan fingerprint density at radius 2 is 1.92 bits per heavy atom. The fraction of sp³-hybridized carbons (Fsp3) is 0.192. The Morgan fingerprint density at radius 1 is 1.19 bits per heavy atom. The number of aryl methyl sites for hydroxylation is 1. The van der Waals surface area contributed by atoms with Crippen LogP contribution >= 0.6 is 0 Å². The van der Waals surface area contributed by atoms with E-state index in [0.717, 1.165) is 18.2 Å². The summed E-state index contributed by atoms with van der Waals surface area (Å²) >= 11 is 0. The molecule has 2 aromatic heterocycles. The summed E-state index contributed by atoms with van der Waals surface area (Å²) in [6.07, 6.45) is 1.83. The molecule has 3 heterocycles. The number of hydrogen-bond donors (Lipinski definition) is 1. The Labute approximate surface area is 211 Å². The summed E-state index contributed by atoms with van der Waals surface area (Å²) in [5, 5.41) is 9.32. The zero-order valence-electron chi connectivity index (χ0n) is 20.1. The van der Waals surface area contributed by atoms with E-state index in [1.165, 1.54) is 30.2 Å². The molecule has 0 fully saturated rings. The molecular formula is C26H21F2N5O3S. The average Bonchev–Trinajstić information content (AvgIpc) is 3.15. The molecule has 5 rings (SSSR count). The van der Waals surface area contributed by atoms with Gasteiger partial charge in [0, 0.05) is 12.5 Å². The van der Waals surface area contributed by atoms with E-state index in [-0.39, 0.29) is 34.0 Å². The van der Waals surface area contributed by atoms with Gasteiger partial charge in [-0.25, -0.2) is 22.8 Å². The van der Waals surface area contributed by atoms with Gasteiger partial charge in [0.15, 0.2) is 17.7 Å². The second kappa shape index (κ2) is 8.67. The third-order valence-corrected chi connectivity index (χ3v) is 7.37. The molecule has 37 heavy (non-hydrogen) atoms. The number of benzene rings is 2. The van der Waals surface area contributed by atoms with Gasteiger partial charge in [-0.15, -0.1) is 0 Å². The van der Waals surface area contributed by atoms with Crippen LogP contribution in [0.2, 0.25) is 0 Å². The number of imidazole rings is 1. The first-order valence-corrected chi connectivity index (χ1v) is 13.2. The second-order valence-electron chi connectivity index (χ2n) is 8.91. The third kappa shape index (κ3) is 4.29. The van der Waals surface area contributed by atoms with Crippen LogP contribution in [0.5, 0.6) is 5.75 Å². The lowest BCUT2D eigenvalue weighted by atomic mass is 10.0. The Bertz CT molecular complexity index is 1760. The van der Waals surface area contributed by atoms with Gasteiger partial charge in [-0.1, -0.05) is 0 Å². The number of pyridine rings is 1. The number of nitrogens with one attached hydrogen (secondary N) is 1. The van der Waals surface area contributed by atoms with Crippen LogP contribution in [-0.4, -0.2) is 31.9 Å². The molecule has 1 unspecified atom stereocenters. The molecule has 1 amide bonds. The SMILES string of the molecule is Cc1nc2ccc(C#N)cn2c1CN1C(=O)[C@@H](C)Oc2c(F)cc(-c3cc(F)cc(S(C)(=N)=O)c3)cc21. The van der Waals surface area contributed by atoms with Crippen molar-refractivity contribution >= 4 is 27.0 Å². The normalized spacial score (nSPS) is 16.7. The first-order chi connectivity index (χ1) is 17.5. The summed E-state index contributed by atoms with van der Waals surface area (Å²) in [6, 6.07) is 11.6. The van der Waals surface area contributed by atoms with Gasteiger partial charge in [0.25, 0.3) is 5.91 Å². The zero-order valence-corrected chi connectivity index (χ0v) is 20.9. The molecule has 8 nitrogen and oxygen atoms in total. The van der Waals surface area contributed by atoms with E-state index in [2.05, 4.69) is 11.1 Å². The number of nitrogens with zero attached hydrogens (tertiary/aromatic N) is 4. The minimum Gasteiger partial charge on any atom is -0.476 e. The monoisotopic (exact) mass is 521 g/mol. The fourth-order valence-electron chi connectivity index (χ4n) is 4.36. The van der Waals surface area contributed by atoms with Crippen LogP contribution in [0.15, 0.2) is 53.6 Å². The van der Waals surface area contributed by atoms with Crippen LogP contribution in [0.4, 0.5) is 14.5 Å². The van der Waals surface area contributed by atoms with Crippen molar-refractivity contribution in [3.8, 4) is 22.9 Å². The lowest BCUT2D eigenvalue weighted by Gasteiger charge is -2.33. The summed E-state index contributed by atoms with van der Waals surface area (Å²) < 4.78 is 57.0. The maximum atomic E-state index is 15.3. The van der Waals surface area contributed by atoms with Gasteiger partial charge in [-0.2, -0.15) is 5.26 Å². The highest BCUT2D eigenvalue weighted by Gasteiger charge is 2.35. The van der Waals surface area contributed by atoms with Crippen molar-refractivity contribution in [2.24, 2.45) is 0 Å². The number of anilines is 1. The van der Waals surface area contributed by atoms with E-state index >= 15 is 4.39 Å². The predicted octanol–water partition coefficient (Wildman–Crippen LogP) is 4.81. The number of hydrogen-bond acceptors (Lipinski definition) is 6. The first kappa shape index (κ1) is 24.4. The zero-order chi connectivity index (χ0) is 26.6. The minimum atomic E-state index is -3.23. The lowest BCUT2D eigenvalue weighted by Crippen LogP contribution is -2.44. The lowest BCUT2D eigenvalue weighted by molar-refractivity contribution is -0.125. The fourth-order valence-corrected chi connectivity index (χ4v) is 5.05. The molecule has 4 aromatic rings. The molecule has 1 aliphatic heterocycles. The maximum absolute atomic E-state index is 15.3. The Balaban J connectivity index is 1.67. The molecule has 0 aliphatic carbocycles. The van der Waals surface area contributed by atoms with Crippen molar-refractivity contribution in [3.63, 3.8) is 0 Å². The molecule has 0 saturated carbocycles. The number of carbonyl (C=O) groups is 1. The topological polar surface area (TPSA) is 112 Å². The van der Waals surface area contributed by atoms with Gasteiger partial charge in [0.2, 0.25) is 0 Å². The highest BCUT2D eigenvalue weighted by atomic mass is 32.2. The van der Waals surface area contributed by atoms with E-state index in [9.17, 15) is 18.7 Å². The maximum Gasteiger partial charge on any atom is 0.268 e. The van der Waals surface area contributed by atoms with E-state index in [0.29, 0.717) is 22.6 Å². The average molecular weight is 522 g/mol. The van der Waals surface area contributed by atoms with E-state index in [1.54, 1.807) is 29.7 Å². The smallest absolute Gasteiger partial charge is 0.268 e. The van der Waals surface area contributed by atoms with E-state index < -0.39 is 33.4 Å². The van der Waals surface area contributed by atoms with Crippen LogP contribution in [0.3, 0.4) is 0 Å². The number of halogens is 2. The van der Waals surface area contributed by atoms with Crippen molar-refractivity contribution in [1.82, 2.24) is 9.38 Å². The predicted molar refractivity (Wildman–Crippen MR) is 133 cm³/mol. The van der Waals surface area contributed by atoms with Gasteiger partial charge in [0.1, 0.15) is 17.5 Å². The molecule has 0 spiro atoms. The van der Waals surface area contributed by atoms with Gasteiger partial charge in [0.05, 0.1) is 43.8 Å². The van der Waals surface area contributed by atoms with Crippen LogP contribution in [-0.2, 0) is 21.1 Å². The molecule has 1 aliphatic rings. The molecule has 0 radical (unpaired) electrons. The van der Waals surface area contributed by atoms with Gasteiger partial charge < -0.3 is 9.14 Å². The molecule has 11 heteroatoms. The van der Waals surface area contributed by atoms with Crippen molar-refractivity contribution < 1.29 is 22.5 Å². The standard InChI is InChI=1S/C26H21F2N5O3S/c1-14-23(32-12-16(11-29)4-5-24(32)31-14)13-33-22-9-18(8-21(28)25(22)36-15(2)26(33)34)17-6-19(27)10-20(7-17)37(3,30)35/h4-10,12,15,30H,13H2,1-3H3/t15-,37?/m1/s1. The number of aromatic nitrogens is 2. The molecule has 1 N–H and O–H groups in total. The molecular weight excluding hydrogens is 500 g/mol. The summed E-state index contributed by atoms with van der Waals surface area (Å²) in [7, 11) is -3.23. The van der Waals surface area contributed by atoms with Crippen LogP contribution < -0.4 is 9.64 Å². The molecule has 0 saturated heterocycles. The number of carbonyl (C=O) groups excluding carboxylic acids is 1. The Morgan fingerprint density at radius 3 is 2.62 bits per heavy atom. The highest BCUT2D eigenvalue weighted by molar-refractivity contribution is 7.91. The summed E-state index contributed by atoms with van der Waals surface area (Å²) in [4.78, 5) is 19.1. The molecule has 2 atom stereocenters. The number of ether oxygens (including phenoxy) is 1. The Hall–Kier alpha value is -4.30. The number of nitriles is 1. The van der Waals surface area contributed by atoms with Crippen molar-refractivity contribution in [2.75, 3.05) is 11.2 Å². The largest absolute Gasteiger partial charge is 0.476 e. The van der Waals surface area contributed by atoms with Crippen molar-refractivity contribution in [1.29, 1.82) is 10.0 Å². The first-order valence-electron chi connectivity index (χ1n) is 11.2. The van der Waals surface area contributed by atoms with Crippen LogP contribution in [0.25, 0.3) is 16.8 Å². The Kier molecular flexibility index (Phi) is 5.72. The summed E-state index contributed by atoms with van der Waals surface area (Å²) in [6.45, 7) is 3.30. The molecule has 188 valence electrons. The van der Waals surface area contributed by atoms with Gasteiger partial charge in [-0.3, -0.25) is 9.69 Å². The summed E-state index contributed by atoms with van der Waals surface area (Å²) in [5.74, 6) is -2.03. The highest BCUT2D eigenvalue weighted by Crippen LogP contribution is 2.41. The molecule has 0 bridgehead atoms. The minimum absolute atomic E-state index is 0.00814. The third-order valence-electron chi connectivity index (χ3n) is 6.23. The van der Waals surface area contributed by atoms with Crippen LogP contribution in [0, 0.1) is 34.7 Å². The van der Waals surface area contributed by atoms with Crippen LogP contribution in [0.1, 0.15) is 23.9 Å². The number of fused-ring (bicyclic) bond motifs is 2. The summed E-state index contributed by atoms with van der Waals surface area (Å²) in [5.41, 5.74) is 2.81.